The number of rotatable bonds is 1. The molecule has 1 aliphatic rings. The Kier molecular flexibility index (Phi) is 2.10. The van der Waals surface area contributed by atoms with Crippen molar-refractivity contribution < 1.29 is 9.90 Å². The van der Waals surface area contributed by atoms with Gasteiger partial charge in [-0.3, -0.25) is 4.79 Å². The largest absolute Gasteiger partial charge is 0.507 e. The number of benzene rings is 1. The zero-order chi connectivity index (χ0) is 9.26. The summed E-state index contributed by atoms with van der Waals surface area (Å²) in [4.78, 5) is 11.4. The van der Waals surface area contributed by atoms with Crippen LogP contribution in [0.1, 0.15) is 5.56 Å². The highest BCUT2D eigenvalue weighted by Crippen LogP contribution is 2.34. The minimum atomic E-state index is 0.0735. The van der Waals surface area contributed by atoms with E-state index in [0.29, 0.717) is 11.3 Å². The molecular weight excluding hydrogens is 184 g/mol. The fraction of sp³-hybridized carbons (Fsp3) is 0.100. The van der Waals surface area contributed by atoms with Gasteiger partial charge in [0, 0.05) is 16.2 Å². The van der Waals surface area contributed by atoms with E-state index in [4.69, 9.17) is 0 Å². The minimum Gasteiger partial charge on any atom is -0.507 e. The first-order valence-electron chi connectivity index (χ1n) is 3.85. The Hall–Kier alpha value is -1.22. The molecule has 0 aliphatic carbocycles. The normalized spacial score (nSPS) is 15.4. The first kappa shape index (κ1) is 8.38. The Balaban J connectivity index is 2.58. The van der Waals surface area contributed by atoms with Gasteiger partial charge in [-0.15, -0.1) is 11.8 Å². The fourth-order valence-corrected chi connectivity index (χ4v) is 2.24. The molecule has 0 atom stereocenters. The van der Waals surface area contributed by atoms with E-state index in [1.807, 2.05) is 18.2 Å². The molecule has 0 saturated heterocycles. The summed E-state index contributed by atoms with van der Waals surface area (Å²) in [5.74, 6) is 0.580. The van der Waals surface area contributed by atoms with Gasteiger partial charge < -0.3 is 5.11 Å². The topological polar surface area (TPSA) is 37.3 Å². The van der Waals surface area contributed by atoms with Crippen LogP contribution in [-0.2, 0) is 4.79 Å². The number of thioether (sulfide) groups is 1. The maximum atomic E-state index is 10.4. The molecule has 0 saturated carbocycles. The summed E-state index contributed by atoms with van der Waals surface area (Å²) in [5, 5.41) is 9.62. The van der Waals surface area contributed by atoms with Crippen molar-refractivity contribution in [2.45, 2.75) is 4.90 Å². The molecule has 0 fully saturated rings. The van der Waals surface area contributed by atoms with Gasteiger partial charge in [0.2, 0.25) is 6.29 Å². The highest BCUT2D eigenvalue weighted by atomic mass is 32.2. The molecular formula is C10H7O2S. The minimum absolute atomic E-state index is 0.0735. The predicted molar refractivity (Wildman–Crippen MR) is 52.4 cm³/mol. The van der Waals surface area contributed by atoms with Crippen molar-refractivity contribution in [3.63, 3.8) is 0 Å². The Labute approximate surface area is 80.3 Å². The quantitative estimate of drug-likeness (QED) is 0.739. The van der Waals surface area contributed by atoms with Crippen LogP contribution in [-0.4, -0.2) is 17.1 Å². The SMILES string of the molecule is O=[C]C1=C(O)c2ccccc2SC1. The molecule has 0 spiro atoms. The van der Waals surface area contributed by atoms with E-state index >= 15 is 0 Å². The van der Waals surface area contributed by atoms with E-state index in [1.54, 1.807) is 24.1 Å². The van der Waals surface area contributed by atoms with Crippen LogP contribution in [0.15, 0.2) is 34.7 Å². The zero-order valence-electron chi connectivity index (χ0n) is 6.78. The number of aliphatic hydroxyl groups is 1. The molecule has 2 nitrogen and oxygen atoms in total. The van der Waals surface area contributed by atoms with E-state index in [2.05, 4.69) is 0 Å². The van der Waals surface area contributed by atoms with Crippen LogP contribution < -0.4 is 0 Å². The van der Waals surface area contributed by atoms with Crippen LogP contribution >= 0.6 is 11.8 Å². The molecule has 0 aromatic heterocycles. The fourth-order valence-electron chi connectivity index (χ4n) is 1.25. The van der Waals surface area contributed by atoms with Gasteiger partial charge in [-0.05, 0) is 6.07 Å². The standard InChI is InChI=1S/C10H7O2S/c11-5-7-6-13-9-4-2-1-3-8(9)10(7)12/h1-4,12H,6H2. The van der Waals surface area contributed by atoms with E-state index in [1.165, 1.54) is 0 Å². The van der Waals surface area contributed by atoms with Crippen molar-refractivity contribution >= 4 is 23.8 Å². The molecule has 13 heavy (non-hydrogen) atoms. The van der Waals surface area contributed by atoms with E-state index in [9.17, 15) is 9.90 Å². The molecule has 1 radical (unpaired) electrons. The van der Waals surface area contributed by atoms with Gasteiger partial charge >= 0.3 is 0 Å². The molecule has 3 heteroatoms. The van der Waals surface area contributed by atoms with Crippen molar-refractivity contribution in [3.05, 3.63) is 35.4 Å². The second-order valence-electron chi connectivity index (χ2n) is 2.71. The zero-order valence-corrected chi connectivity index (χ0v) is 7.60. The second kappa shape index (κ2) is 3.26. The first-order valence-corrected chi connectivity index (χ1v) is 4.84. The third-order valence-corrected chi connectivity index (χ3v) is 3.02. The van der Waals surface area contributed by atoms with E-state index < -0.39 is 0 Å². The van der Waals surface area contributed by atoms with Crippen LogP contribution in [0.2, 0.25) is 0 Å². The second-order valence-corrected chi connectivity index (χ2v) is 3.73. The van der Waals surface area contributed by atoms with Gasteiger partial charge in [0.15, 0.2) is 0 Å². The first-order chi connectivity index (χ1) is 6.33. The van der Waals surface area contributed by atoms with Crippen LogP contribution in [0, 0.1) is 0 Å². The Morgan fingerprint density at radius 3 is 2.92 bits per heavy atom. The average Bonchev–Trinajstić information content (AvgIpc) is 2.19. The summed E-state index contributed by atoms with van der Waals surface area (Å²) in [6, 6.07) is 7.48. The van der Waals surface area contributed by atoms with Crippen LogP contribution in [0.3, 0.4) is 0 Å². The van der Waals surface area contributed by atoms with Crippen LogP contribution in [0.5, 0.6) is 0 Å². The van der Waals surface area contributed by atoms with Crippen molar-refractivity contribution in [1.29, 1.82) is 0 Å². The highest BCUT2D eigenvalue weighted by molar-refractivity contribution is 7.99. The monoisotopic (exact) mass is 191 g/mol. The smallest absolute Gasteiger partial charge is 0.233 e. The van der Waals surface area contributed by atoms with Crippen molar-refractivity contribution in [2.24, 2.45) is 0 Å². The summed E-state index contributed by atoms with van der Waals surface area (Å²) < 4.78 is 0. The van der Waals surface area contributed by atoms with Crippen molar-refractivity contribution in [1.82, 2.24) is 0 Å². The van der Waals surface area contributed by atoms with Gasteiger partial charge in [-0.25, -0.2) is 0 Å². The molecule has 1 heterocycles. The molecule has 1 aromatic carbocycles. The number of fused-ring (bicyclic) bond motifs is 1. The lowest BCUT2D eigenvalue weighted by Gasteiger charge is -2.14. The van der Waals surface area contributed by atoms with Gasteiger partial charge in [0.05, 0.1) is 5.57 Å². The number of carbonyl (C=O) groups excluding carboxylic acids is 1. The number of hydrogen-bond acceptors (Lipinski definition) is 3. The number of hydrogen-bond donors (Lipinski definition) is 1. The van der Waals surface area contributed by atoms with E-state index in [0.717, 1.165) is 10.5 Å². The molecule has 2 rings (SSSR count). The summed E-state index contributed by atoms with van der Waals surface area (Å²) >= 11 is 1.54. The van der Waals surface area contributed by atoms with E-state index in [-0.39, 0.29) is 5.76 Å². The van der Waals surface area contributed by atoms with Gasteiger partial charge in [0.1, 0.15) is 5.76 Å². The molecule has 1 aromatic rings. The number of aliphatic hydroxyl groups excluding tert-OH is 1. The average molecular weight is 191 g/mol. The van der Waals surface area contributed by atoms with Gasteiger partial charge in [0.25, 0.3) is 0 Å². The Morgan fingerprint density at radius 1 is 1.38 bits per heavy atom. The van der Waals surface area contributed by atoms with Crippen LogP contribution in [0.4, 0.5) is 0 Å². The predicted octanol–water partition coefficient (Wildman–Crippen LogP) is 2.17. The van der Waals surface area contributed by atoms with Gasteiger partial charge in [-0.2, -0.15) is 0 Å². The summed E-state index contributed by atoms with van der Waals surface area (Å²) in [7, 11) is 0. The lowest BCUT2D eigenvalue weighted by molar-refractivity contribution is 0.503. The lowest BCUT2D eigenvalue weighted by Crippen LogP contribution is -2.02. The third-order valence-electron chi connectivity index (χ3n) is 1.92. The molecule has 65 valence electrons. The summed E-state index contributed by atoms with van der Waals surface area (Å²) in [6.45, 7) is 0. The summed E-state index contributed by atoms with van der Waals surface area (Å²) in [5.41, 5.74) is 1.08. The summed E-state index contributed by atoms with van der Waals surface area (Å²) in [6.07, 6.45) is 1.75. The third kappa shape index (κ3) is 1.35. The van der Waals surface area contributed by atoms with Crippen LogP contribution in [0.25, 0.3) is 5.76 Å². The Bertz CT molecular complexity index is 382. The van der Waals surface area contributed by atoms with Gasteiger partial charge in [-0.1, -0.05) is 18.2 Å². The molecule has 0 amide bonds. The molecule has 0 unspecified atom stereocenters. The Morgan fingerprint density at radius 2 is 2.15 bits per heavy atom. The van der Waals surface area contributed by atoms with Crippen molar-refractivity contribution in [2.75, 3.05) is 5.75 Å². The maximum absolute atomic E-state index is 10.4. The molecule has 1 aliphatic heterocycles. The molecule has 0 bridgehead atoms. The maximum Gasteiger partial charge on any atom is 0.233 e. The van der Waals surface area contributed by atoms with Crippen molar-refractivity contribution in [3.8, 4) is 0 Å². The lowest BCUT2D eigenvalue weighted by atomic mass is 10.1. The highest BCUT2D eigenvalue weighted by Gasteiger charge is 2.17. The molecule has 1 N–H and O–H groups in total.